The Hall–Kier alpha value is -1.61. The van der Waals surface area contributed by atoms with Gasteiger partial charge in [0.05, 0.1) is 12.7 Å². The molecule has 1 heterocycles. The van der Waals surface area contributed by atoms with Gasteiger partial charge in [0.15, 0.2) is 5.78 Å². The standard InChI is InChI=1S/C16H18O2S/c1-4-12-6-7-13(19-12)10-15(17)14-9-11(2)5-8-16(14)18-3/h5-9H,4,10H2,1-3H3. The van der Waals surface area contributed by atoms with E-state index in [4.69, 9.17) is 4.74 Å². The summed E-state index contributed by atoms with van der Waals surface area (Å²) < 4.78 is 5.27. The second-order valence-electron chi connectivity index (χ2n) is 4.53. The van der Waals surface area contributed by atoms with Crippen molar-refractivity contribution in [3.8, 4) is 5.75 Å². The molecule has 100 valence electrons. The monoisotopic (exact) mass is 274 g/mol. The number of methoxy groups -OCH3 is 1. The number of hydrogen-bond acceptors (Lipinski definition) is 3. The molecule has 0 amide bonds. The van der Waals surface area contributed by atoms with E-state index < -0.39 is 0 Å². The first kappa shape index (κ1) is 13.8. The topological polar surface area (TPSA) is 26.3 Å². The van der Waals surface area contributed by atoms with Crippen molar-refractivity contribution in [1.29, 1.82) is 0 Å². The van der Waals surface area contributed by atoms with E-state index >= 15 is 0 Å². The minimum absolute atomic E-state index is 0.116. The Morgan fingerprint density at radius 2 is 1.95 bits per heavy atom. The predicted molar refractivity (Wildman–Crippen MR) is 79.5 cm³/mol. The van der Waals surface area contributed by atoms with Gasteiger partial charge in [0.2, 0.25) is 0 Å². The van der Waals surface area contributed by atoms with Crippen LogP contribution in [0.15, 0.2) is 30.3 Å². The van der Waals surface area contributed by atoms with Crippen molar-refractivity contribution < 1.29 is 9.53 Å². The van der Waals surface area contributed by atoms with Crippen LogP contribution in [0.5, 0.6) is 5.75 Å². The number of thiophene rings is 1. The number of carbonyl (C=O) groups is 1. The number of rotatable bonds is 5. The normalized spacial score (nSPS) is 10.5. The summed E-state index contributed by atoms with van der Waals surface area (Å²) in [7, 11) is 1.60. The highest BCUT2D eigenvalue weighted by Gasteiger charge is 2.14. The van der Waals surface area contributed by atoms with Gasteiger partial charge in [-0.1, -0.05) is 18.6 Å². The van der Waals surface area contributed by atoms with Crippen molar-refractivity contribution in [2.24, 2.45) is 0 Å². The second kappa shape index (κ2) is 6.02. The zero-order chi connectivity index (χ0) is 13.8. The van der Waals surface area contributed by atoms with E-state index in [1.54, 1.807) is 18.4 Å². The Balaban J connectivity index is 2.21. The van der Waals surface area contributed by atoms with Crippen LogP contribution in [0.1, 0.15) is 32.6 Å². The number of ketones is 1. The summed E-state index contributed by atoms with van der Waals surface area (Å²) in [5.41, 5.74) is 1.75. The van der Waals surface area contributed by atoms with Crippen LogP contribution in [-0.2, 0) is 12.8 Å². The predicted octanol–water partition coefficient (Wildman–Crippen LogP) is 4.05. The molecule has 2 aromatic rings. The molecule has 0 spiro atoms. The first-order valence-electron chi connectivity index (χ1n) is 6.39. The first-order valence-corrected chi connectivity index (χ1v) is 7.21. The summed E-state index contributed by atoms with van der Waals surface area (Å²) in [6, 6.07) is 9.85. The minimum atomic E-state index is 0.116. The molecule has 19 heavy (non-hydrogen) atoms. The highest BCUT2D eigenvalue weighted by molar-refractivity contribution is 7.12. The second-order valence-corrected chi connectivity index (χ2v) is 5.78. The summed E-state index contributed by atoms with van der Waals surface area (Å²) in [4.78, 5) is 14.8. The summed E-state index contributed by atoms with van der Waals surface area (Å²) in [6.07, 6.45) is 1.47. The van der Waals surface area contributed by atoms with Gasteiger partial charge >= 0.3 is 0 Å². The van der Waals surface area contributed by atoms with Crippen LogP contribution in [0.4, 0.5) is 0 Å². The van der Waals surface area contributed by atoms with Crippen molar-refractivity contribution in [2.75, 3.05) is 7.11 Å². The van der Waals surface area contributed by atoms with E-state index in [1.165, 1.54) is 4.88 Å². The Morgan fingerprint density at radius 3 is 2.58 bits per heavy atom. The maximum atomic E-state index is 12.4. The quantitative estimate of drug-likeness (QED) is 0.769. The zero-order valence-corrected chi connectivity index (χ0v) is 12.3. The smallest absolute Gasteiger partial charge is 0.171 e. The van der Waals surface area contributed by atoms with Gasteiger partial charge in [-0.2, -0.15) is 0 Å². The SMILES string of the molecule is CCc1ccc(CC(=O)c2cc(C)ccc2OC)s1. The molecular formula is C16H18O2S. The van der Waals surface area contributed by atoms with E-state index in [9.17, 15) is 4.79 Å². The van der Waals surface area contributed by atoms with Crippen LogP contribution in [0.3, 0.4) is 0 Å². The highest BCUT2D eigenvalue weighted by atomic mass is 32.1. The van der Waals surface area contributed by atoms with Crippen LogP contribution in [0.2, 0.25) is 0 Å². The maximum absolute atomic E-state index is 12.4. The van der Waals surface area contributed by atoms with Gasteiger partial charge in [0.1, 0.15) is 5.75 Å². The molecule has 2 nitrogen and oxygen atoms in total. The highest BCUT2D eigenvalue weighted by Crippen LogP contribution is 2.24. The molecule has 0 radical (unpaired) electrons. The molecule has 0 fully saturated rings. The van der Waals surface area contributed by atoms with E-state index in [1.807, 2.05) is 31.2 Å². The number of Topliss-reactive ketones (excluding diaryl/α,β-unsaturated/α-hetero) is 1. The molecule has 0 aliphatic rings. The molecule has 0 bridgehead atoms. The van der Waals surface area contributed by atoms with Gasteiger partial charge in [-0.15, -0.1) is 11.3 Å². The summed E-state index contributed by atoms with van der Waals surface area (Å²) >= 11 is 1.71. The van der Waals surface area contributed by atoms with Crippen LogP contribution < -0.4 is 4.74 Å². The maximum Gasteiger partial charge on any atom is 0.171 e. The van der Waals surface area contributed by atoms with Gasteiger partial charge in [-0.25, -0.2) is 0 Å². The number of aryl methyl sites for hydroxylation is 2. The third-order valence-corrected chi connectivity index (χ3v) is 4.29. The van der Waals surface area contributed by atoms with Gasteiger partial charge in [0, 0.05) is 16.2 Å². The molecule has 1 aromatic heterocycles. The van der Waals surface area contributed by atoms with Crippen LogP contribution in [0.25, 0.3) is 0 Å². The summed E-state index contributed by atoms with van der Waals surface area (Å²) in [5, 5.41) is 0. The fourth-order valence-corrected chi connectivity index (χ4v) is 2.96. The van der Waals surface area contributed by atoms with E-state index in [-0.39, 0.29) is 5.78 Å². The fraction of sp³-hybridized carbons (Fsp3) is 0.312. The fourth-order valence-electron chi connectivity index (χ4n) is 2.00. The Labute approximate surface area is 118 Å². The molecule has 0 aliphatic heterocycles. The number of carbonyl (C=O) groups excluding carboxylic acids is 1. The average Bonchev–Trinajstić information content (AvgIpc) is 2.86. The Kier molecular flexibility index (Phi) is 4.38. The van der Waals surface area contributed by atoms with E-state index in [0.717, 1.165) is 16.9 Å². The lowest BCUT2D eigenvalue weighted by Gasteiger charge is -2.08. The first-order chi connectivity index (χ1) is 9.13. The molecule has 0 atom stereocenters. The summed E-state index contributed by atoms with van der Waals surface area (Å²) in [6.45, 7) is 4.11. The van der Waals surface area contributed by atoms with Crippen molar-refractivity contribution in [1.82, 2.24) is 0 Å². The van der Waals surface area contributed by atoms with E-state index in [0.29, 0.717) is 17.7 Å². The van der Waals surface area contributed by atoms with Crippen molar-refractivity contribution in [2.45, 2.75) is 26.7 Å². The molecule has 0 saturated heterocycles. The number of ether oxygens (including phenoxy) is 1. The molecule has 0 aliphatic carbocycles. The van der Waals surface area contributed by atoms with Gasteiger partial charge in [0.25, 0.3) is 0 Å². The largest absolute Gasteiger partial charge is 0.496 e. The minimum Gasteiger partial charge on any atom is -0.496 e. The number of benzene rings is 1. The van der Waals surface area contributed by atoms with Gasteiger partial charge in [-0.05, 0) is 37.6 Å². The van der Waals surface area contributed by atoms with Gasteiger partial charge < -0.3 is 4.74 Å². The van der Waals surface area contributed by atoms with Crippen molar-refractivity contribution in [3.05, 3.63) is 51.2 Å². The van der Waals surface area contributed by atoms with Crippen LogP contribution in [-0.4, -0.2) is 12.9 Å². The molecule has 1 aromatic carbocycles. The van der Waals surface area contributed by atoms with Crippen LogP contribution >= 0.6 is 11.3 Å². The summed E-state index contributed by atoms with van der Waals surface area (Å²) in [5.74, 6) is 0.771. The Morgan fingerprint density at radius 1 is 1.21 bits per heavy atom. The Bertz CT molecular complexity index is 584. The van der Waals surface area contributed by atoms with E-state index in [2.05, 4.69) is 13.0 Å². The molecule has 3 heteroatoms. The number of hydrogen-bond donors (Lipinski definition) is 0. The van der Waals surface area contributed by atoms with Crippen molar-refractivity contribution >= 4 is 17.1 Å². The molecule has 0 unspecified atom stereocenters. The van der Waals surface area contributed by atoms with Crippen molar-refractivity contribution in [3.63, 3.8) is 0 Å². The molecular weight excluding hydrogens is 256 g/mol. The molecule has 0 saturated carbocycles. The van der Waals surface area contributed by atoms with Crippen LogP contribution in [0, 0.1) is 6.92 Å². The lowest BCUT2D eigenvalue weighted by atomic mass is 10.0. The molecule has 2 rings (SSSR count). The average molecular weight is 274 g/mol. The third kappa shape index (κ3) is 3.24. The molecule has 0 N–H and O–H groups in total. The third-order valence-electron chi connectivity index (χ3n) is 3.06. The zero-order valence-electron chi connectivity index (χ0n) is 11.5. The lowest BCUT2D eigenvalue weighted by molar-refractivity contribution is 0.0991. The van der Waals surface area contributed by atoms with Gasteiger partial charge in [-0.3, -0.25) is 4.79 Å². The lowest BCUT2D eigenvalue weighted by Crippen LogP contribution is -2.05.